The third-order valence-corrected chi connectivity index (χ3v) is 4.37. The van der Waals surface area contributed by atoms with Gasteiger partial charge in [-0.15, -0.1) is 11.3 Å². The Morgan fingerprint density at radius 2 is 2.21 bits per heavy atom. The smallest absolute Gasteiger partial charge is 0.0701 e. The minimum atomic E-state index is 0.131. The Bertz CT molecular complexity index is 394. The van der Waals surface area contributed by atoms with Crippen molar-refractivity contribution in [1.82, 2.24) is 0 Å². The summed E-state index contributed by atoms with van der Waals surface area (Å²) < 4.78 is 1.17. The molecule has 0 saturated heterocycles. The number of hydrogen-bond acceptors (Lipinski definition) is 3. The summed E-state index contributed by atoms with van der Waals surface area (Å²) in [6.07, 6.45) is 0.924. The fraction of sp³-hybridized carbons (Fsp3) is 0.200. The van der Waals surface area contributed by atoms with Crippen LogP contribution >= 0.6 is 38.6 Å². The molecule has 74 valence electrons. The van der Waals surface area contributed by atoms with Crippen LogP contribution in [0.15, 0.2) is 32.7 Å². The van der Waals surface area contributed by atoms with Gasteiger partial charge in [0.25, 0.3) is 0 Å². The molecule has 14 heavy (non-hydrogen) atoms. The molecule has 1 nitrogen and oxygen atoms in total. The molecule has 2 aromatic rings. The Balaban J connectivity index is 2.05. The Morgan fingerprint density at radius 1 is 1.36 bits per heavy atom. The summed E-state index contributed by atoms with van der Waals surface area (Å²) in [4.78, 5) is 1.33. The van der Waals surface area contributed by atoms with E-state index in [1.165, 1.54) is 14.2 Å². The maximum atomic E-state index is 6.08. The van der Waals surface area contributed by atoms with E-state index in [2.05, 4.69) is 44.9 Å². The average Bonchev–Trinajstić information content (AvgIpc) is 2.75. The monoisotopic (exact) mass is 287 g/mol. The van der Waals surface area contributed by atoms with E-state index in [0.29, 0.717) is 0 Å². The lowest BCUT2D eigenvalue weighted by Crippen LogP contribution is -2.11. The lowest BCUT2D eigenvalue weighted by Gasteiger charge is -2.07. The van der Waals surface area contributed by atoms with Crippen LogP contribution in [-0.2, 0) is 6.42 Å². The molecule has 0 fully saturated rings. The maximum Gasteiger partial charge on any atom is 0.0701 e. The van der Waals surface area contributed by atoms with Crippen LogP contribution < -0.4 is 5.73 Å². The Morgan fingerprint density at radius 3 is 2.79 bits per heavy atom. The van der Waals surface area contributed by atoms with Gasteiger partial charge in [-0.25, -0.2) is 0 Å². The molecule has 4 heteroatoms. The summed E-state index contributed by atoms with van der Waals surface area (Å²) in [5, 5.41) is 4.19. The van der Waals surface area contributed by atoms with Crippen LogP contribution in [-0.4, -0.2) is 0 Å². The van der Waals surface area contributed by atoms with Crippen molar-refractivity contribution < 1.29 is 0 Å². The lowest BCUT2D eigenvalue weighted by molar-refractivity contribution is 0.733. The van der Waals surface area contributed by atoms with Crippen molar-refractivity contribution in [3.05, 3.63) is 43.2 Å². The highest BCUT2D eigenvalue weighted by molar-refractivity contribution is 9.11. The lowest BCUT2D eigenvalue weighted by atomic mass is 10.1. The molecule has 2 rings (SSSR count). The van der Waals surface area contributed by atoms with E-state index in [4.69, 9.17) is 5.73 Å². The van der Waals surface area contributed by atoms with Crippen LogP contribution in [0.25, 0.3) is 0 Å². The molecule has 0 aliphatic heterocycles. The molecular formula is C10H10BrNS2. The Labute approximate surface area is 99.7 Å². The molecule has 0 aromatic carbocycles. The standard InChI is InChI=1S/C10H10BrNS2/c11-10-2-1-8(14-10)5-9(12)7-3-4-13-6-7/h1-4,6,9H,5,12H2. The minimum Gasteiger partial charge on any atom is -0.324 e. The molecule has 1 atom stereocenters. The van der Waals surface area contributed by atoms with Crippen LogP contribution in [0, 0.1) is 0 Å². The molecule has 2 aromatic heterocycles. The van der Waals surface area contributed by atoms with Gasteiger partial charge in [-0.05, 0) is 50.5 Å². The van der Waals surface area contributed by atoms with Crippen LogP contribution in [0.5, 0.6) is 0 Å². The minimum absolute atomic E-state index is 0.131. The van der Waals surface area contributed by atoms with E-state index in [1.54, 1.807) is 22.7 Å². The van der Waals surface area contributed by atoms with Gasteiger partial charge < -0.3 is 5.73 Å². The summed E-state index contributed by atoms with van der Waals surface area (Å²) >= 11 is 6.90. The van der Waals surface area contributed by atoms with Crippen molar-refractivity contribution >= 4 is 38.6 Å². The second kappa shape index (κ2) is 4.57. The number of halogens is 1. The van der Waals surface area contributed by atoms with Crippen LogP contribution in [0.4, 0.5) is 0 Å². The first-order valence-corrected chi connectivity index (χ1v) is 6.83. The van der Waals surface area contributed by atoms with E-state index in [1.807, 2.05) is 0 Å². The zero-order chi connectivity index (χ0) is 9.97. The van der Waals surface area contributed by atoms with Gasteiger partial charge in [0.2, 0.25) is 0 Å². The van der Waals surface area contributed by atoms with Crippen molar-refractivity contribution in [1.29, 1.82) is 0 Å². The van der Waals surface area contributed by atoms with Crippen molar-refractivity contribution in [2.45, 2.75) is 12.5 Å². The number of nitrogens with two attached hydrogens (primary N) is 1. The van der Waals surface area contributed by atoms with Crippen molar-refractivity contribution in [2.24, 2.45) is 5.73 Å². The average molecular weight is 288 g/mol. The summed E-state index contributed by atoms with van der Waals surface area (Å²) in [5.74, 6) is 0. The number of hydrogen-bond donors (Lipinski definition) is 1. The fourth-order valence-corrected chi connectivity index (χ4v) is 3.55. The third-order valence-electron chi connectivity index (χ3n) is 2.02. The highest BCUT2D eigenvalue weighted by Crippen LogP contribution is 2.26. The molecule has 0 bridgehead atoms. The second-order valence-electron chi connectivity index (χ2n) is 3.07. The van der Waals surface area contributed by atoms with Gasteiger partial charge in [-0.1, -0.05) is 0 Å². The summed E-state index contributed by atoms with van der Waals surface area (Å²) in [6, 6.07) is 6.42. The van der Waals surface area contributed by atoms with E-state index < -0.39 is 0 Å². The zero-order valence-corrected chi connectivity index (χ0v) is 10.7. The molecule has 2 N–H and O–H groups in total. The van der Waals surface area contributed by atoms with Gasteiger partial charge in [0.05, 0.1) is 3.79 Å². The molecule has 0 amide bonds. The fourth-order valence-electron chi connectivity index (χ4n) is 1.28. The van der Waals surface area contributed by atoms with Gasteiger partial charge in [-0.2, -0.15) is 11.3 Å². The van der Waals surface area contributed by atoms with Crippen LogP contribution in [0.1, 0.15) is 16.5 Å². The third kappa shape index (κ3) is 2.45. The zero-order valence-electron chi connectivity index (χ0n) is 7.44. The first-order chi connectivity index (χ1) is 6.75. The molecule has 0 aliphatic rings. The van der Waals surface area contributed by atoms with Gasteiger partial charge in [0.1, 0.15) is 0 Å². The van der Waals surface area contributed by atoms with Gasteiger partial charge in [0.15, 0.2) is 0 Å². The number of thiophene rings is 2. The molecular weight excluding hydrogens is 278 g/mol. The van der Waals surface area contributed by atoms with Crippen LogP contribution in [0.3, 0.4) is 0 Å². The molecule has 0 spiro atoms. The van der Waals surface area contributed by atoms with Gasteiger partial charge in [0, 0.05) is 17.3 Å². The Kier molecular flexibility index (Phi) is 3.38. The predicted octanol–water partition coefficient (Wildman–Crippen LogP) is 3.81. The predicted molar refractivity (Wildman–Crippen MR) is 67.0 cm³/mol. The van der Waals surface area contributed by atoms with E-state index in [0.717, 1.165) is 6.42 Å². The molecule has 1 unspecified atom stereocenters. The Hall–Kier alpha value is -0.160. The van der Waals surface area contributed by atoms with E-state index in [9.17, 15) is 0 Å². The topological polar surface area (TPSA) is 26.0 Å². The molecule has 0 saturated carbocycles. The molecule has 0 radical (unpaired) electrons. The summed E-state index contributed by atoms with van der Waals surface area (Å²) in [5.41, 5.74) is 7.31. The molecule has 0 aliphatic carbocycles. The van der Waals surface area contributed by atoms with Gasteiger partial charge >= 0.3 is 0 Å². The first kappa shape index (κ1) is 10.4. The van der Waals surface area contributed by atoms with Crippen molar-refractivity contribution in [3.8, 4) is 0 Å². The highest BCUT2D eigenvalue weighted by atomic mass is 79.9. The summed E-state index contributed by atoms with van der Waals surface area (Å²) in [7, 11) is 0. The van der Waals surface area contributed by atoms with Crippen molar-refractivity contribution in [2.75, 3.05) is 0 Å². The number of rotatable bonds is 3. The quantitative estimate of drug-likeness (QED) is 0.913. The maximum absolute atomic E-state index is 6.08. The first-order valence-electron chi connectivity index (χ1n) is 4.27. The SMILES string of the molecule is NC(Cc1ccc(Br)s1)c1ccsc1. The van der Waals surface area contributed by atoms with E-state index >= 15 is 0 Å². The van der Waals surface area contributed by atoms with E-state index in [-0.39, 0.29) is 6.04 Å². The molecule has 2 heterocycles. The van der Waals surface area contributed by atoms with Crippen molar-refractivity contribution in [3.63, 3.8) is 0 Å². The summed E-state index contributed by atoms with van der Waals surface area (Å²) in [6.45, 7) is 0. The normalized spacial score (nSPS) is 13.0. The largest absolute Gasteiger partial charge is 0.324 e. The highest BCUT2D eigenvalue weighted by Gasteiger charge is 2.08. The van der Waals surface area contributed by atoms with Crippen LogP contribution in [0.2, 0.25) is 0 Å². The van der Waals surface area contributed by atoms with Gasteiger partial charge in [-0.3, -0.25) is 0 Å². The second-order valence-corrected chi connectivity index (χ2v) is 6.40.